The molecule has 1 N–H and O–H groups in total. The number of nitrogens with one attached hydrogen (secondary N) is 1. The zero-order chi connectivity index (χ0) is 15.7. The van der Waals surface area contributed by atoms with E-state index in [1.54, 1.807) is 0 Å². The lowest BCUT2D eigenvalue weighted by Gasteiger charge is -2.13. The van der Waals surface area contributed by atoms with Crippen LogP contribution in [0.2, 0.25) is 0 Å². The van der Waals surface area contributed by atoms with Crippen molar-refractivity contribution in [2.45, 2.75) is 63.2 Å². The highest BCUT2D eigenvalue weighted by Crippen LogP contribution is 2.42. The number of carbonyl (C=O) groups excluding carboxylic acids is 1. The number of rotatable bonds is 6. The molecule has 0 radical (unpaired) electrons. The molecule has 4 nitrogen and oxygen atoms in total. The van der Waals surface area contributed by atoms with Gasteiger partial charge in [-0.2, -0.15) is 0 Å². The van der Waals surface area contributed by atoms with Gasteiger partial charge >= 0.3 is 0 Å². The van der Waals surface area contributed by atoms with Crippen LogP contribution in [0.3, 0.4) is 0 Å². The highest BCUT2D eigenvalue weighted by atomic mass is 32.2. The maximum Gasteiger partial charge on any atom is 0.228 e. The number of aryl methyl sites for hydroxylation is 1. The molecule has 0 aliphatic heterocycles. The Morgan fingerprint density at radius 1 is 1.27 bits per heavy atom. The molecule has 2 aliphatic carbocycles. The molecule has 0 bridgehead atoms. The quantitative estimate of drug-likeness (QED) is 0.860. The van der Waals surface area contributed by atoms with E-state index >= 15 is 0 Å². The molecule has 1 saturated carbocycles. The Morgan fingerprint density at radius 3 is 2.68 bits per heavy atom. The molecule has 122 valence electrons. The van der Waals surface area contributed by atoms with Gasteiger partial charge in [0.15, 0.2) is 9.84 Å². The predicted molar refractivity (Wildman–Crippen MR) is 89.3 cm³/mol. The van der Waals surface area contributed by atoms with Crippen molar-refractivity contribution in [1.29, 1.82) is 0 Å². The van der Waals surface area contributed by atoms with Gasteiger partial charge in [0.05, 0.1) is 5.75 Å². The molecule has 2 aliphatic rings. The molecule has 0 saturated heterocycles. The summed E-state index contributed by atoms with van der Waals surface area (Å²) in [7, 11) is -3.31. The normalized spacial score (nSPS) is 18.0. The highest BCUT2D eigenvalue weighted by Gasteiger charge is 2.34. The second-order valence-corrected chi connectivity index (χ2v) is 9.46. The zero-order valence-corrected chi connectivity index (χ0v) is 14.6. The molecule has 6 heteroatoms. The van der Waals surface area contributed by atoms with E-state index in [-0.39, 0.29) is 17.6 Å². The average molecular weight is 341 g/mol. The van der Waals surface area contributed by atoms with Crippen LogP contribution in [-0.2, 0) is 27.5 Å². The predicted octanol–water partition coefficient (Wildman–Crippen LogP) is 3.55. The number of carbonyl (C=O) groups is 1. The minimum absolute atomic E-state index is 0.00876. The number of thiophene rings is 1. The molecular formula is C16H23NO3S2. The minimum Gasteiger partial charge on any atom is -0.316 e. The maximum atomic E-state index is 12.8. The van der Waals surface area contributed by atoms with Crippen molar-refractivity contribution in [2.24, 2.45) is 5.92 Å². The van der Waals surface area contributed by atoms with E-state index in [2.05, 4.69) is 5.32 Å². The average Bonchev–Trinajstić information content (AvgIpc) is 3.26. The highest BCUT2D eigenvalue weighted by molar-refractivity contribution is 7.91. The first-order valence-corrected chi connectivity index (χ1v) is 10.7. The second-order valence-electron chi connectivity index (χ2n) is 6.31. The summed E-state index contributed by atoms with van der Waals surface area (Å²) < 4.78 is 25.5. The molecule has 1 fully saturated rings. The van der Waals surface area contributed by atoms with Crippen LogP contribution in [0.1, 0.15) is 55.9 Å². The lowest BCUT2D eigenvalue weighted by molar-refractivity contribution is -0.117. The van der Waals surface area contributed by atoms with Crippen molar-refractivity contribution in [1.82, 2.24) is 0 Å². The number of fused-ring (bicyclic) bond motifs is 1. The molecule has 0 atom stereocenters. The van der Waals surface area contributed by atoms with Gasteiger partial charge in [-0.15, -0.1) is 11.3 Å². The van der Waals surface area contributed by atoms with Gasteiger partial charge in [-0.3, -0.25) is 4.79 Å². The molecule has 1 heterocycles. The van der Waals surface area contributed by atoms with E-state index in [1.165, 1.54) is 11.3 Å². The molecular weight excluding hydrogens is 318 g/mol. The van der Waals surface area contributed by atoms with Crippen LogP contribution in [0.15, 0.2) is 4.90 Å². The molecule has 1 amide bonds. The van der Waals surface area contributed by atoms with E-state index in [9.17, 15) is 13.2 Å². The van der Waals surface area contributed by atoms with E-state index in [1.807, 2.05) is 6.92 Å². The number of hydrogen-bond acceptors (Lipinski definition) is 4. The lowest BCUT2D eigenvalue weighted by Crippen LogP contribution is -2.16. The van der Waals surface area contributed by atoms with Crippen molar-refractivity contribution in [2.75, 3.05) is 11.1 Å². The van der Waals surface area contributed by atoms with Crippen LogP contribution < -0.4 is 5.32 Å². The van der Waals surface area contributed by atoms with Crippen molar-refractivity contribution < 1.29 is 13.2 Å². The fraction of sp³-hybridized carbons (Fsp3) is 0.688. The Kier molecular flexibility index (Phi) is 4.59. The Balaban J connectivity index is 1.97. The van der Waals surface area contributed by atoms with Crippen LogP contribution >= 0.6 is 11.3 Å². The lowest BCUT2D eigenvalue weighted by atomic mass is 9.99. The topological polar surface area (TPSA) is 63.2 Å². The molecule has 22 heavy (non-hydrogen) atoms. The minimum atomic E-state index is -3.31. The summed E-state index contributed by atoms with van der Waals surface area (Å²) in [6.45, 7) is 1.99. The molecule has 0 aromatic carbocycles. The van der Waals surface area contributed by atoms with Crippen molar-refractivity contribution in [3.8, 4) is 0 Å². The van der Waals surface area contributed by atoms with E-state index in [4.69, 9.17) is 0 Å². The van der Waals surface area contributed by atoms with Crippen molar-refractivity contribution in [3.63, 3.8) is 0 Å². The number of amides is 1. The van der Waals surface area contributed by atoms with Gasteiger partial charge in [0.1, 0.15) is 9.90 Å². The SMILES string of the molecule is CCCCS(=O)(=O)c1c(NC(=O)C2CC2)sc2c1CCCC2. The van der Waals surface area contributed by atoms with Gasteiger partial charge in [-0.1, -0.05) is 13.3 Å². The largest absolute Gasteiger partial charge is 0.316 e. The van der Waals surface area contributed by atoms with Gasteiger partial charge in [0, 0.05) is 10.8 Å². The van der Waals surface area contributed by atoms with Crippen LogP contribution in [0.4, 0.5) is 5.00 Å². The zero-order valence-electron chi connectivity index (χ0n) is 13.0. The van der Waals surface area contributed by atoms with Crippen LogP contribution in [0, 0.1) is 5.92 Å². The van der Waals surface area contributed by atoms with Crippen molar-refractivity contribution in [3.05, 3.63) is 10.4 Å². The van der Waals surface area contributed by atoms with E-state index < -0.39 is 9.84 Å². The van der Waals surface area contributed by atoms with Crippen LogP contribution in [-0.4, -0.2) is 20.1 Å². The summed E-state index contributed by atoms with van der Waals surface area (Å²) in [4.78, 5) is 13.7. The fourth-order valence-electron chi connectivity index (χ4n) is 2.94. The Bertz CT molecular complexity index is 672. The van der Waals surface area contributed by atoms with Gasteiger partial charge in [0.2, 0.25) is 5.91 Å². The standard InChI is InChI=1S/C16H23NO3S2/c1-2-3-10-22(19,20)14-12-6-4-5-7-13(12)21-16(14)17-15(18)11-8-9-11/h11H,2-10H2,1H3,(H,17,18). The monoisotopic (exact) mass is 341 g/mol. The van der Waals surface area contributed by atoms with Gasteiger partial charge in [0.25, 0.3) is 0 Å². The fourth-order valence-corrected chi connectivity index (χ4v) is 6.51. The number of anilines is 1. The van der Waals surface area contributed by atoms with Gasteiger partial charge in [-0.05, 0) is 50.5 Å². The van der Waals surface area contributed by atoms with E-state index in [0.29, 0.717) is 16.3 Å². The summed E-state index contributed by atoms with van der Waals surface area (Å²) >= 11 is 1.48. The Hall–Kier alpha value is -0.880. The second kappa shape index (κ2) is 6.32. The third-order valence-corrected chi connectivity index (χ3v) is 7.62. The Labute approximate surface area is 136 Å². The van der Waals surface area contributed by atoms with Gasteiger partial charge in [-0.25, -0.2) is 8.42 Å². The summed E-state index contributed by atoms with van der Waals surface area (Å²) in [6, 6.07) is 0. The first-order chi connectivity index (χ1) is 10.5. The molecule has 1 aromatic heterocycles. The number of sulfone groups is 1. The molecule has 3 rings (SSSR count). The summed E-state index contributed by atoms with van der Waals surface area (Å²) in [5.74, 6) is 0.259. The molecule has 0 unspecified atom stereocenters. The molecule has 0 spiro atoms. The number of hydrogen-bond donors (Lipinski definition) is 1. The van der Waals surface area contributed by atoms with E-state index in [0.717, 1.165) is 55.4 Å². The van der Waals surface area contributed by atoms with Crippen molar-refractivity contribution >= 4 is 32.1 Å². The first-order valence-electron chi connectivity index (χ1n) is 8.21. The summed E-state index contributed by atoms with van der Waals surface area (Å²) in [6.07, 6.45) is 7.29. The summed E-state index contributed by atoms with van der Waals surface area (Å²) in [5.41, 5.74) is 0.985. The van der Waals surface area contributed by atoms with Crippen LogP contribution in [0.5, 0.6) is 0 Å². The Morgan fingerprint density at radius 2 is 2.00 bits per heavy atom. The van der Waals surface area contributed by atoms with Gasteiger partial charge < -0.3 is 5.32 Å². The molecule has 1 aromatic rings. The first kappa shape index (κ1) is 16.0. The smallest absolute Gasteiger partial charge is 0.228 e. The summed E-state index contributed by atoms with van der Waals surface area (Å²) in [5, 5.41) is 3.50. The van der Waals surface area contributed by atoms with Crippen LogP contribution in [0.25, 0.3) is 0 Å². The third kappa shape index (κ3) is 3.23. The maximum absolute atomic E-state index is 12.8. The number of unbranched alkanes of at least 4 members (excludes halogenated alkanes) is 1. The third-order valence-electron chi connectivity index (χ3n) is 4.39.